The number of hydrogen-bond acceptors (Lipinski definition) is 1. The summed E-state index contributed by atoms with van der Waals surface area (Å²) in [6.45, 7) is 0. The van der Waals surface area contributed by atoms with E-state index < -0.39 is 6.30 Å². The van der Waals surface area contributed by atoms with Crippen molar-refractivity contribution in [3.8, 4) is 0 Å². The van der Waals surface area contributed by atoms with E-state index in [9.17, 15) is 13.2 Å². The minimum absolute atomic E-state index is 0.247. The monoisotopic (exact) mass is 327 g/mol. The molecule has 82 valence electrons. The van der Waals surface area contributed by atoms with Gasteiger partial charge in [0.1, 0.15) is 0 Å². The van der Waals surface area contributed by atoms with E-state index in [-0.39, 0.29) is 11.7 Å². The van der Waals surface area contributed by atoms with Crippen LogP contribution in [0.3, 0.4) is 0 Å². The molecular formula is C10H9F3IN. The van der Waals surface area contributed by atoms with Crippen LogP contribution in [0, 0.1) is 3.57 Å². The fourth-order valence-electron chi connectivity index (χ4n) is 1.52. The van der Waals surface area contributed by atoms with E-state index in [4.69, 9.17) is 0 Å². The van der Waals surface area contributed by atoms with Crippen LogP contribution in [0.2, 0.25) is 0 Å². The molecule has 0 N–H and O–H groups in total. The van der Waals surface area contributed by atoms with Gasteiger partial charge in [-0.2, -0.15) is 13.2 Å². The van der Waals surface area contributed by atoms with Gasteiger partial charge < -0.3 is 0 Å². The van der Waals surface area contributed by atoms with Gasteiger partial charge in [-0.05, 0) is 53.6 Å². The molecule has 0 aromatic heterocycles. The standard InChI is InChI=1S/C10H9F3IN/c11-10(12,13)15(8-4-5-8)9-3-1-2-7(14)6-9/h1-3,6,8H,4-5H2. The molecule has 0 saturated heterocycles. The molecule has 1 aromatic rings. The molecule has 0 unspecified atom stereocenters. The predicted molar refractivity (Wildman–Crippen MR) is 60.7 cm³/mol. The van der Waals surface area contributed by atoms with Gasteiger partial charge in [-0.25, -0.2) is 0 Å². The lowest BCUT2D eigenvalue weighted by molar-refractivity contribution is -0.130. The highest BCUT2D eigenvalue weighted by Gasteiger charge is 2.46. The van der Waals surface area contributed by atoms with Crippen LogP contribution in [0.1, 0.15) is 12.8 Å². The van der Waals surface area contributed by atoms with E-state index in [1.165, 1.54) is 6.07 Å². The van der Waals surface area contributed by atoms with Crippen LogP contribution in [-0.2, 0) is 0 Å². The van der Waals surface area contributed by atoms with Crippen LogP contribution in [0.15, 0.2) is 24.3 Å². The molecule has 0 amide bonds. The summed E-state index contributed by atoms with van der Waals surface area (Å²) in [7, 11) is 0. The van der Waals surface area contributed by atoms with Gasteiger partial charge in [-0.3, -0.25) is 4.90 Å². The molecule has 0 radical (unpaired) electrons. The van der Waals surface area contributed by atoms with Crippen molar-refractivity contribution in [2.45, 2.75) is 25.2 Å². The molecule has 0 heterocycles. The van der Waals surface area contributed by atoms with Crippen molar-refractivity contribution in [3.05, 3.63) is 27.8 Å². The molecule has 0 bridgehead atoms. The highest BCUT2D eigenvalue weighted by molar-refractivity contribution is 14.1. The maximum atomic E-state index is 12.8. The molecule has 2 rings (SSSR count). The zero-order valence-corrected chi connectivity index (χ0v) is 9.92. The molecule has 5 heteroatoms. The SMILES string of the molecule is FC(F)(F)N(c1cccc(I)c1)C1CC1. The van der Waals surface area contributed by atoms with Crippen molar-refractivity contribution in [2.24, 2.45) is 0 Å². The van der Waals surface area contributed by atoms with Crippen molar-refractivity contribution in [3.63, 3.8) is 0 Å². The first-order valence-electron chi connectivity index (χ1n) is 4.60. The Morgan fingerprint density at radius 2 is 1.93 bits per heavy atom. The van der Waals surface area contributed by atoms with Crippen LogP contribution in [0.5, 0.6) is 0 Å². The third-order valence-electron chi connectivity index (χ3n) is 2.27. The first kappa shape index (κ1) is 11.0. The molecule has 1 nitrogen and oxygen atoms in total. The number of benzene rings is 1. The van der Waals surface area contributed by atoms with Crippen molar-refractivity contribution in [1.29, 1.82) is 0 Å². The summed E-state index contributed by atoms with van der Waals surface area (Å²) in [6, 6.07) is 6.15. The van der Waals surface area contributed by atoms with Crippen LogP contribution in [0.4, 0.5) is 18.9 Å². The molecule has 0 atom stereocenters. The molecule has 0 spiro atoms. The largest absolute Gasteiger partial charge is 0.485 e. The predicted octanol–water partition coefficient (Wildman–Crippen LogP) is 3.78. The maximum Gasteiger partial charge on any atom is 0.485 e. The van der Waals surface area contributed by atoms with Crippen LogP contribution in [0.25, 0.3) is 0 Å². The van der Waals surface area contributed by atoms with Gasteiger partial charge in [0.05, 0.1) is 0 Å². The van der Waals surface area contributed by atoms with Crippen molar-refractivity contribution in [1.82, 2.24) is 0 Å². The average molecular weight is 327 g/mol. The number of nitrogens with zero attached hydrogens (tertiary/aromatic N) is 1. The van der Waals surface area contributed by atoms with E-state index in [1.54, 1.807) is 18.2 Å². The molecular weight excluding hydrogens is 318 g/mol. The topological polar surface area (TPSA) is 3.24 Å². The van der Waals surface area contributed by atoms with E-state index >= 15 is 0 Å². The first-order chi connectivity index (χ1) is 6.98. The summed E-state index contributed by atoms with van der Waals surface area (Å²) >= 11 is 2.02. The quantitative estimate of drug-likeness (QED) is 0.590. The third-order valence-corrected chi connectivity index (χ3v) is 2.94. The summed E-state index contributed by atoms with van der Waals surface area (Å²) in [5, 5.41) is 0. The molecule has 1 fully saturated rings. The number of anilines is 1. The molecule has 0 aliphatic heterocycles. The number of hydrogen-bond donors (Lipinski definition) is 0. The average Bonchev–Trinajstić information content (AvgIpc) is 2.86. The lowest BCUT2D eigenvalue weighted by atomic mass is 10.3. The zero-order chi connectivity index (χ0) is 11.1. The van der Waals surface area contributed by atoms with Gasteiger partial charge in [0, 0.05) is 15.3 Å². The van der Waals surface area contributed by atoms with E-state index in [2.05, 4.69) is 0 Å². The minimum atomic E-state index is -4.27. The minimum Gasteiger partial charge on any atom is -0.281 e. The number of halogens is 4. The fraction of sp³-hybridized carbons (Fsp3) is 0.400. The summed E-state index contributed by atoms with van der Waals surface area (Å²) in [4.78, 5) is 0.565. The highest BCUT2D eigenvalue weighted by Crippen LogP contribution is 2.39. The van der Waals surface area contributed by atoms with Crippen molar-refractivity contribution in [2.75, 3.05) is 4.90 Å². The van der Waals surface area contributed by atoms with E-state index in [0.29, 0.717) is 17.7 Å². The first-order valence-corrected chi connectivity index (χ1v) is 5.68. The molecule has 15 heavy (non-hydrogen) atoms. The second-order valence-electron chi connectivity index (χ2n) is 3.55. The summed E-state index contributed by atoms with van der Waals surface area (Å²) < 4.78 is 39.1. The van der Waals surface area contributed by atoms with Gasteiger partial charge >= 0.3 is 6.30 Å². The van der Waals surface area contributed by atoms with Gasteiger partial charge in [0.15, 0.2) is 0 Å². The molecule has 1 saturated carbocycles. The van der Waals surface area contributed by atoms with Crippen LogP contribution < -0.4 is 4.90 Å². The Bertz CT molecular complexity index is 360. The molecule has 1 aliphatic rings. The Morgan fingerprint density at radius 1 is 1.27 bits per heavy atom. The van der Waals surface area contributed by atoms with Gasteiger partial charge in [0.25, 0.3) is 0 Å². The third kappa shape index (κ3) is 2.56. The smallest absolute Gasteiger partial charge is 0.281 e. The van der Waals surface area contributed by atoms with Gasteiger partial charge in [-0.1, -0.05) is 6.07 Å². The molecule has 1 aromatic carbocycles. The van der Waals surface area contributed by atoms with Crippen LogP contribution in [-0.4, -0.2) is 12.3 Å². The van der Waals surface area contributed by atoms with E-state index in [1.807, 2.05) is 22.6 Å². The van der Waals surface area contributed by atoms with E-state index in [0.717, 1.165) is 3.57 Å². The Hall–Kier alpha value is -0.460. The van der Waals surface area contributed by atoms with Gasteiger partial charge in [0.2, 0.25) is 0 Å². The second-order valence-corrected chi connectivity index (χ2v) is 4.79. The Kier molecular flexibility index (Phi) is 2.83. The lowest BCUT2D eigenvalue weighted by Gasteiger charge is -2.27. The summed E-state index contributed by atoms with van der Waals surface area (Å²) in [5.74, 6) is 0. The summed E-state index contributed by atoms with van der Waals surface area (Å²) in [5.41, 5.74) is 0.247. The maximum absolute atomic E-state index is 12.8. The number of alkyl halides is 3. The molecule has 1 aliphatic carbocycles. The fourth-order valence-corrected chi connectivity index (χ4v) is 2.05. The van der Waals surface area contributed by atoms with Crippen molar-refractivity contribution >= 4 is 28.3 Å². The normalized spacial score (nSPS) is 16.5. The summed E-state index contributed by atoms with van der Waals surface area (Å²) in [6.07, 6.45) is -3.01. The zero-order valence-electron chi connectivity index (χ0n) is 7.76. The lowest BCUT2D eigenvalue weighted by Crippen LogP contribution is -2.39. The highest BCUT2D eigenvalue weighted by atomic mass is 127. The Balaban J connectivity index is 2.32. The van der Waals surface area contributed by atoms with Crippen molar-refractivity contribution < 1.29 is 13.2 Å². The Morgan fingerprint density at radius 3 is 2.40 bits per heavy atom. The Labute approximate surface area is 99.4 Å². The van der Waals surface area contributed by atoms with Crippen LogP contribution >= 0.6 is 22.6 Å². The van der Waals surface area contributed by atoms with Gasteiger partial charge in [-0.15, -0.1) is 0 Å². The number of rotatable bonds is 2. The second kappa shape index (κ2) is 3.84.